The van der Waals surface area contributed by atoms with Crippen LogP contribution in [0.15, 0.2) is 101 Å². The van der Waals surface area contributed by atoms with Crippen molar-refractivity contribution in [3.63, 3.8) is 0 Å². The average molecular weight is 392 g/mol. The lowest BCUT2D eigenvalue weighted by Gasteiger charge is -2.08. The van der Waals surface area contributed by atoms with Crippen molar-refractivity contribution in [1.82, 2.24) is 0 Å². The molecule has 27 heavy (non-hydrogen) atoms. The second-order valence-electron chi connectivity index (χ2n) is 5.77. The van der Waals surface area contributed by atoms with E-state index in [0.717, 1.165) is 20.9 Å². The number of ether oxygens (including phenoxy) is 1. The summed E-state index contributed by atoms with van der Waals surface area (Å²) in [5, 5.41) is 0.665. The SMILES string of the molecule is O=C1OC(c2ccccc2)=N/C1=C(/Sc1ccc(Cl)cc1)c1ccccc1. The minimum Gasteiger partial charge on any atom is -0.402 e. The van der Waals surface area contributed by atoms with Gasteiger partial charge < -0.3 is 4.74 Å². The standard InChI is InChI=1S/C22H14ClNO2S/c23-17-11-13-18(14-12-17)27-20(15-7-3-1-4-8-15)19-22(25)26-21(24-19)16-9-5-2-6-10-16/h1-14H/b20-19+. The Hall–Kier alpha value is -2.82. The van der Waals surface area contributed by atoms with Crippen molar-refractivity contribution in [2.24, 2.45) is 4.99 Å². The van der Waals surface area contributed by atoms with Gasteiger partial charge >= 0.3 is 5.97 Å². The smallest absolute Gasteiger partial charge is 0.365 e. The first kappa shape index (κ1) is 17.6. The molecule has 0 N–H and O–H groups in total. The van der Waals surface area contributed by atoms with E-state index < -0.39 is 5.97 Å². The predicted molar refractivity (Wildman–Crippen MR) is 110 cm³/mol. The van der Waals surface area contributed by atoms with Crippen molar-refractivity contribution in [3.8, 4) is 0 Å². The molecule has 3 nitrogen and oxygen atoms in total. The molecular formula is C22H14ClNO2S. The predicted octanol–water partition coefficient (Wildman–Crippen LogP) is 5.80. The van der Waals surface area contributed by atoms with Crippen LogP contribution < -0.4 is 0 Å². The fraction of sp³-hybridized carbons (Fsp3) is 0. The number of benzene rings is 3. The molecule has 0 saturated carbocycles. The van der Waals surface area contributed by atoms with Gasteiger partial charge in [-0.05, 0) is 42.0 Å². The summed E-state index contributed by atoms with van der Waals surface area (Å²) in [6.45, 7) is 0. The van der Waals surface area contributed by atoms with Crippen LogP contribution in [0.5, 0.6) is 0 Å². The highest BCUT2D eigenvalue weighted by molar-refractivity contribution is 8.08. The van der Waals surface area contributed by atoms with E-state index in [1.165, 1.54) is 11.8 Å². The number of nitrogens with zero attached hydrogens (tertiary/aromatic N) is 1. The number of hydrogen-bond donors (Lipinski definition) is 0. The van der Waals surface area contributed by atoms with Gasteiger partial charge in [-0.2, -0.15) is 0 Å². The van der Waals surface area contributed by atoms with E-state index >= 15 is 0 Å². The summed E-state index contributed by atoms with van der Waals surface area (Å²) in [5.74, 6) is -0.130. The van der Waals surface area contributed by atoms with E-state index in [4.69, 9.17) is 16.3 Å². The van der Waals surface area contributed by atoms with Gasteiger partial charge in [0.1, 0.15) is 0 Å². The molecule has 1 aliphatic rings. The molecule has 3 aromatic carbocycles. The van der Waals surface area contributed by atoms with Crippen LogP contribution in [0.2, 0.25) is 5.02 Å². The number of thioether (sulfide) groups is 1. The van der Waals surface area contributed by atoms with Gasteiger partial charge in [0.2, 0.25) is 5.90 Å². The van der Waals surface area contributed by atoms with Crippen LogP contribution in [0.25, 0.3) is 4.91 Å². The third-order valence-electron chi connectivity index (χ3n) is 3.90. The summed E-state index contributed by atoms with van der Waals surface area (Å²) < 4.78 is 5.44. The number of aliphatic imine (C=N–C) groups is 1. The molecule has 0 atom stereocenters. The minimum absolute atomic E-state index is 0.306. The van der Waals surface area contributed by atoms with Gasteiger partial charge in [-0.25, -0.2) is 9.79 Å². The summed E-state index contributed by atoms with van der Waals surface area (Å²) in [4.78, 5) is 18.8. The van der Waals surface area contributed by atoms with E-state index in [1.54, 1.807) is 0 Å². The monoisotopic (exact) mass is 391 g/mol. The van der Waals surface area contributed by atoms with E-state index in [1.807, 2.05) is 84.9 Å². The highest BCUT2D eigenvalue weighted by atomic mass is 35.5. The molecule has 3 aromatic rings. The fourth-order valence-electron chi connectivity index (χ4n) is 2.61. The topological polar surface area (TPSA) is 38.7 Å². The van der Waals surface area contributed by atoms with Gasteiger partial charge in [0.25, 0.3) is 0 Å². The van der Waals surface area contributed by atoms with Crippen LogP contribution in [0.4, 0.5) is 0 Å². The summed E-state index contributed by atoms with van der Waals surface area (Å²) in [7, 11) is 0. The molecule has 0 spiro atoms. The lowest BCUT2D eigenvalue weighted by Crippen LogP contribution is -2.05. The van der Waals surface area contributed by atoms with Gasteiger partial charge in [-0.1, -0.05) is 71.9 Å². The maximum atomic E-state index is 12.6. The molecule has 0 amide bonds. The zero-order valence-electron chi connectivity index (χ0n) is 14.1. The molecule has 0 bridgehead atoms. The van der Waals surface area contributed by atoms with Gasteiger partial charge in [0.05, 0.1) is 4.91 Å². The van der Waals surface area contributed by atoms with E-state index in [2.05, 4.69) is 4.99 Å². The van der Waals surface area contributed by atoms with Crippen molar-refractivity contribution in [1.29, 1.82) is 0 Å². The number of rotatable bonds is 4. The molecule has 0 unspecified atom stereocenters. The molecule has 1 aliphatic heterocycles. The Labute approximate surface area is 166 Å². The maximum Gasteiger partial charge on any atom is 0.365 e. The molecule has 0 saturated heterocycles. The summed E-state index contributed by atoms with van der Waals surface area (Å²) in [6, 6.07) is 26.6. The van der Waals surface area contributed by atoms with Crippen LogP contribution in [0.1, 0.15) is 11.1 Å². The average Bonchev–Trinajstić information content (AvgIpc) is 3.10. The van der Waals surface area contributed by atoms with E-state index in [0.29, 0.717) is 16.6 Å². The first-order valence-electron chi connectivity index (χ1n) is 8.30. The quantitative estimate of drug-likeness (QED) is 0.320. The third-order valence-corrected chi connectivity index (χ3v) is 5.29. The number of cyclic esters (lactones) is 1. The third kappa shape index (κ3) is 3.97. The lowest BCUT2D eigenvalue weighted by molar-refractivity contribution is -0.129. The Bertz CT molecular complexity index is 1030. The number of carbonyl (C=O) groups is 1. The largest absolute Gasteiger partial charge is 0.402 e. The van der Waals surface area contributed by atoms with Gasteiger partial charge in [-0.3, -0.25) is 0 Å². The van der Waals surface area contributed by atoms with E-state index in [9.17, 15) is 4.79 Å². The highest BCUT2D eigenvalue weighted by Gasteiger charge is 2.28. The lowest BCUT2D eigenvalue weighted by atomic mass is 10.2. The fourth-order valence-corrected chi connectivity index (χ4v) is 3.72. The number of esters is 1. The zero-order chi connectivity index (χ0) is 18.6. The first-order valence-corrected chi connectivity index (χ1v) is 9.49. The Kier molecular flexibility index (Phi) is 5.10. The summed E-state index contributed by atoms with van der Waals surface area (Å²) >= 11 is 7.45. The van der Waals surface area contributed by atoms with Crippen LogP contribution in [-0.2, 0) is 9.53 Å². The van der Waals surface area contributed by atoms with Gasteiger partial charge in [0, 0.05) is 15.5 Å². The molecule has 5 heteroatoms. The maximum absolute atomic E-state index is 12.6. The molecule has 0 aliphatic carbocycles. The zero-order valence-corrected chi connectivity index (χ0v) is 15.7. The number of carbonyl (C=O) groups excluding carboxylic acids is 1. The number of hydrogen-bond acceptors (Lipinski definition) is 4. The van der Waals surface area contributed by atoms with Crippen molar-refractivity contribution in [2.45, 2.75) is 4.90 Å². The molecule has 4 rings (SSSR count). The van der Waals surface area contributed by atoms with Crippen molar-refractivity contribution in [2.75, 3.05) is 0 Å². The van der Waals surface area contributed by atoms with Gasteiger partial charge in [-0.15, -0.1) is 0 Å². The first-order chi connectivity index (χ1) is 13.2. The van der Waals surface area contributed by atoms with Crippen molar-refractivity contribution >= 4 is 40.1 Å². The molecule has 0 aromatic heterocycles. The molecule has 132 valence electrons. The van der Waals surface area contributed by atoms with Crippen molar-refractivity contribution < 1.29 is 9.53 Å². The molecule has 0 radical (unpaired) electrons. The van der Waals surface area contributed by atoms with Crippen molar-refractivity contribution in [3.05, 3.63) is 107 Å². The number of halogens is 1. The Morgan fingerprint density at radius 3 is 2.15 bits per heavy atom. The Morgan fingerprint density at radius 1 is 0.852 bits per heavy atom. The Balaban J connectivity index is 1.80. The molecule has 1 heterocycles. The summed E-state index contributed by atoms with van der Waals surface area (Å²) in [6.07, 6.45) is 0. The van der Waals surface area contributed by atoms with Crippen LogP contribution in [0.3, 0.4) is 0 Å². The molecule has 0 fully saturated rings. The molecular weight excluding hydrogens is 378 g/mol. The second-order valence-corrected chi connectivity index (χ2v) is 7.29. The van der Waals surface area contributed by atoms with Gasteiger partial charge in [0.15, 0.2) is 5.70 Å². The Morgan fingerprint density at radius 2 is 1.48 bits per heavy atom. The highest BCUT2D eigenvalue weighted by Crippen LogP contribution is 2.39. The van der Waals surface area contributed by atoms with Crippen LogP contribution in [-0.4, -0.2) is 11.9 Å². The van der Waals surface area contributed by atoms with Crippen LogP contribution in [0, 0.1) is 0 Å². The minimum atomic E-state index is -0.450. The van der Waals surface area contributed by atoms with Crippen LogP contribution >= 0.6 is 23.4 Å². The van der Waals surface area contributed by atoms with E-state index in [-0.39, 0.29) is 0 Å². The summed E-state index contributed by atoms with van der Waals surface area (Å²) in [5.41, 5.74) is 1.98. The normalized spacial score (nSPS) is 15.3. The second kappa shape index (κ2) is 7.82.